The van der Waals surface area contributed by atoms with Crippen LogP contribution < -0.4 is 14.4 Å². The van der Waals surface area contributed by atoms with E-state index in [0.717, 1.165) is 9.87 Å². The summed E-state index contributed by atoms with van der Waals surface area (Å²) >= 11 is 6.01. The molecule has 0 aliphatic rings. The zero-order chi connectivity index (χ0) is 30.0. The first-order valence-electron chi connectivity index (χ1n) is 13.6. The van der Waals surface area contributed by atoms with Crippen molar-refractivity contribution >= 4 is 39.1 Å². The van der Waals surface area contributed by atoms with Crippen molar-refractivity contribution in [1.82, 2.24) is 10.2 Å². The molecule has 2 amide bonds. The quantitative estimate of drug-likeness (QED) is 0.276. The lowest BCUT2D eigenvalue weighted by Crippen LogP contribution is -2.52. The summed E-state index contributed by atoms with van der Waals surface area (Å²) in [6.07, 6.45) is 0.501. The van der Waals surface area contributed by atoms with E-state index < -0.39 is 28.5 Å². The number of hydrogen-bond acceptors (Lipinski definition) is 5. The average molecular weight is 600 g/mol. The predicted octanol–water partition coefficient (Wildman–Crippen LogP) is 5.17. The molecule has 0 aliphatic carbocycles. The minimum absolute atomic E-state index is 0.0119. The summed E-state index contributed by atoms with van der Waals surface area (Å²) in [4.78, 5) is 28.4. The smallest absolute Gasteiger partial charge is 0.264 e. The second kappa shape index (κ2) is 14.9. The highest BCUT2D eigenvalue weighted by Gasteiger charge is 2.32. The molecule has 1 atom stereocenters. The van der Waals surface area contributed by atoms with Crippen LogP contribution in [-0.4, -0.2) is 57.4 Å². The van der Waals surface area contributed by atoms with Gasteiger partial charge in [0.1, 0.15) is 18.3 Å². The first-order valence-corrected chi connectivity index (χ1v) is 15.5. The van der Waals surface area contributed by atoms with Crippen LogP contribution in [0, 0.1) is 5.92 Å². The van der Waals surface area contributed by atoms with Crippen LogP contribution in [0.25, 0.3) is 0 Å². The fourth-order valence-electron chi connectivity index (χ4n) is 4.16. The summed E-state index contributed by atoms with van der Waals surface area (Å²) in [5, 5.41) is 3.28. The molecule has 0 heterocycles. The predicted molar refractivity (Wildman–Crippen MR) is 163 cm³/mol. The van der Waals surface area contributed by atoms with Crippen LogP contribution in [0.5, 0.6) is 5.75 Å². The second-order valence-corrected chi connectivity index (χ2v) is 12.3. The number of sulfonamides is 1. The maximum atomic E-state index is 13.9. The molecule has 0 saturated heterocycles. The highest BCUT2D eigenvalue weighted by Crippen LogP contribution is 2.27. The molecule has 3 aromatic carbocycles. The van der Waals surface area contributed by atoms with E-state index in [2.05, 4.69) is 5.32 Å². The van der Waals surface area contributed by atoms with Crippen LogP contribution in [0.4, 0.5) is 5.69 Å². The first-order chi connectivity index (χ1) is 19.5. The Morgan fingerprint density at radius 3 is 2.15 bits per heavy atom. The van der Waals surface area contributed by atoms with Gasteiger partial charge >= 0.3 is 0 Å². The Balaban J connectivity index is 1.97. The Labute approximate surface area is 248 Å². The van der Waals surface area contributed by atoms with Gasteiger partial charge in [0.15, 0.2) is 0 Å². The number of amides is 2. The Bertz CT molecular complexity index is 1380. The number of carbonyl (C=O) groups excluding carboxylic acids is 2. The summed E-state index contributed by atoms with van der Waals surface area (Å²) in [6, 6.07) is 21.1. The van der Waals surface area contributed by atoms with E-state index >= 15 is 0 Å². The summed E-state index contributed by atoms with van der Waals surface area (Å²) in [6.45, 7) is 8.14. The Morgan fingerprint density at radius 1 is 0.927 bits per heavy atom. The van der Waals surface area contributed by atoms with Crippen molar-refractivity contribution in [1.29, 1.82) is 0 Å². The summed E-state index contributed by atoms with van der Waals surface area (Å²) in [7, 11) is -4.17. The van der Waals surface area contributed by atoms with Crippen molar-refractivity contribution < 1.29 is 22.7 Å². The number of hydrogen-bond donors (Lipinski definition) is 1. The zero-order valence-electron chi connectivity index (χ0n) is 23.9. The number of rotatable bonds is 14. The van der Waals surface area contributed by atoms with Crippen LogP contribution in [-0.2, 0) is 26.0 Å². The van der Waals surface area contributed by atoms with Gasteiger partial charge in [-0.1, -0.05) is 55.8 Å². The lowest BCUT2D eigenvalue weighted by atomic mass is 10.1. The van der Waals surface area contributed by atoms with Crippen molar-refractivity contribution in [3.05, 3.63) is 89.4 Å². The Morgan fingerprint density at radius 2 is 1.56 bits per heavy atom. The van der Waals surface area contributed by atoms with Gasteiger partial charge in [0.05, 0.1) is 17.2 Å². The summed E-state index contributed by atoms with van der Waals surface area (Å²) in [5.41, 5.74) is 1.29. The van der Waals surface area contributed by atoms with Crippen molar-refractivity contribution in [3.8, 4) is 5.75 Å². The van der Waals surface area contributed by atoms with Crippen molar-refractivity contribution in [2.45, 2.75) is 45.1 Å². The minimum Gasteiger partial charge on any atom is -0.494 e. The van der Waals surface area contributed by atoms with E-state index in [0.29, 0.717) is 30.3 Å². The average Bonchev–Trinajstić information content (AvgIpc) is 2.96. The first kappa shape index (κ1) is 32.0. The van der Waals surface area contributed by atoms with Gasteiger partial charge in [0, 0.05) is 18.1 Å². The maximum Gasteiger partial charge on any atom is 0.264 e. The van der Waals surface area contributed by atoms with Gasteiger partial charge in [0.2, 0.25) is 11.8 Å². The number of nitrogens with zero attached hydrogens (tertiary/aromatic N) is 2. The van der Waals surface area contributed by atoms with Crippen molar-refractivity contribution in [2.75, 3.05) is 30.5 Å². The third kappa shape index (κ3) is 8.96. The number of nitrogens with one attached hydrogen (secondary N) is 1. The van der Waals surface area contributed by atoms with E-state index in [1.807, 2.05) is 51.1 Å². The maximum absolute atomic E-state index is 13.9. The number of benzene rings is 3. The third-order valence-electron chi connectivity index (χ3n) is 6.45. The molecule has 0 aromatic heterocycles. The van der Waals surface area contributed by atoms with Crippen LogP contribution in [0.1, 0.15) is 33.3 Å². The monoisotopic (exact) mass is 599 g/mol. The molecule has 0 bridgehead atoms. The number of anilines is 1. The molecule has 41 heavy (non-hydrogen) atoms. The van der Waals surface area contributed by atoms with Crippen LogP contribution in [0.15, 0.2) is 83.8 Å². The normalized spacial score (nSPS) is 12.0. The van der Waals surface area contributed by atoms with E-state index in [-0.39, 0.29) is 29.0 Å². The van der Waals surface area contributed by atoms with E-state index in [1.165, 1.54) is 29.2 Å². The van der Waals surface area contributed by atoms with Crippen molar-refractivity contribution in [3.63, 3.8) is 0 Å². The molecule has 220 valence electrons. The molecule has 1 N–H and O–H groups in total. The lowest BCUT2D eigenvalue weighted by molar-refractivity contribution is -0.138. The van der Waals surface area contributed by atoms with Crippen LogP contribution in [0.3, 0.4) is 0 Å². The molecule has 10 heteroatoms. The summed E-state index contributed by atoms with van der Waals surface area (Å²) in [5.74, 6) is 0.0125. The topological polar surface area (TPSA) is 96.0 Å². The highest BCUT2D eigenvalue weighted by molar-refractivity contribution is 7.92. The molecule has 3 aromatic rings. The third-order valence-corrected chi connectivity index (χ3v) is 8.49. The fourth-order valence-corrected chi connectivity index (χ4v) is 5.70. The zero-order valence-corrected chi connectivity index (χ0v) is 25.5. The van der Waals surface area contributed by atoms with Gasteiger partial charge in [-0.05, 0) is 80.3 Å². The van der Waals surface area contributed by atoms with E-state index in [1.54, 1.807) is 31.2 Å². The van der Waals surface area contributed by atoms with E-state index in [4.69, 9.17) is 16.3 Å². The Hall–Kier alpha value is -3.56. The van der Waals surface area contributed by atoms with Gasteiger partial charge in [0.25, 0.3) is 10.0 Å². The van der Waals surface area contributed by atoms with Gasteiger partial charge in [-0.15, -0.1) is 0 Å². The van der Waals surface area contributed by atoms with Crippen LogP contribution >= 0.6 is 11.6 Å². The molecule has 0 unspecified atom stereocenters. The molecule has 3 rings (SSSR count). The van der Waals surface area contributed by atoms with Gasteiger partial charge in [-0.25, -0.2) is 8.42 Å². The highest BCUT2D eigenvalue weighted by atomic mass is 35.5. The minimum atomic E-state index is -4.17. The largest absolute Gasteiger partial charge is 0.494 e. The molecule has 0 radical (unpaired) electrons. The second-order valence-electron chi connectivity index (χ2n) is 10.0. The Kier molecular flexibility index (Phi) is 11.6. The molecule has 0 spiro atoms. The molecule has 0 aliphatic heterocycles. The van der Waals surface area contributed by atoms with Gasteiger partial charge in [-0.2, -0.15) is 0 Å². The summed E-state index contributed by atoms with van der Waals surface area (Å²) < 4.78 is 34.3. The number of carbonyl (C=O) groups is 2. The van der Waals surface area contributed by atoms with Gasteiger partial charge in [-0.3, -0.25) is 13.9 Å². The molecule has 0 saturated carbocycles. The molecule has 8 nitrogen and oxygen atoms in total. The SMILES string of the molecule is CCOc1ccc(N(CC(=O)N(CCc2ccccc2)[C@@H](C)C(=O)NCC(C)C)S(=O)(=O)c2ccc(Cl)cc2)cc1. The molecular weight excluding hydrogens is 562 g/mol. The fraction of sp³-hybridized carbons (Fsp3) is 0.355. The van der Waals surface area contributed by atoms with Crippen molar-refractivity contribution in [2.24, 2.45) is 5.92 Å². The standard InChI is InChI=1S/C31H38ClN3O5S/c1-5-40-28-15-13-27(14-16-28)35(41(38,39)29-17-11-26(32)12-18-29)22-30(36)34(20-19-25-9-7-6-8-10-25)24(4)31(37)33-21-23(2)3/h6-18,23-24H,5,19-22H2,1-4H3,(H,33,37)/t24-/m0/s1. The van der Waals surface area contributed by atoms with E-state index in [9.17, 15) is 18.0 Å². The van der Waals surface area contributed by atoms with Gasteiger partial charge < -0.3 is 15.0 Å². The molecule has 0 fully saturated rings. The number of ether oxygens (including phenoxy) is 1. The number of halogens is 1. The lowest BCUT2D eigenvalue weighted by Gasteiger charge is -2.32. The van der Waals surface area contributed by atoms with Crippen LogP contribution in [0.2, 0.25) is 5.02 Å². The molecular formula is C31H38ClN3O5S.